The minimum absolute atomic E-state index is 0.603. The molecular formula is C16H34N2O. The van der Waals surface area contributed by atoms with E-state index in [1.54, 1.807) is 0 Å². The van der Waals surface area contributed by atoms with Crippen LogP contribution < -0.4 is 5.32 Å². The molecule has 19 heavy (non-hydrogen) atoms. The molecule has 0 aromatic rings. The Kier molecular flexibility index (Phi) is 8.67. The average molecular weight is 270 g/mol. The van der Waals surface area contributed by atoms with Crippen molar-refractivity contribution >= 4 is 0 Å². The van der Waals surface area contributed by atoms with Gasteiger partial charge in [-0.3, -0.25) is 0 Å². The summed E-state index contributed by atoms with van der Waals surface area (Å²) in [5.74, 6) is 1.50. The number of likely N-dealkylation sites (N-methyl/N-ethyl adjacent to an activating group) is 1. The van der Waals surface area contributed by atoms with Crippen LogP contribution in [0.2, 0.25) is 0 Å². The highest BCUT2D eigenvalue weighted by Gasteiger charge is 2.26. The normalized spacial score (nSPS) is 22.9. The van der Waals surface area contributed by atoms with Crippen LogP contribution in [0.1, 0.15) is 47.0 Å². The van der Waals surface area contributed by atoms with E-state index in [9.17, 15) is 0 Å². The molecular weight excluding hydrogens is 236 g/mol. The summed E-state index contributed by atoms with van der Waals surface area (Å²) in [6, 6.07) is 0.603. The largest absolute Gasteiger partial charge is 0.381 e. The maximum absolute atomic E-state index is 5.58. The third-order valence-electron chi connectivity index (χ3n) is 4.36. The van der Waals surface area contributed by atoms with Gasteiger partial charge in [-0.2, -0.15) is 0 Å². The quantitative estimate of drug-likeness (QED) is 0.660. The molecule has 1 fully saturated rings. The molecule has 114 valence electrons. The summed E-state index contributed by atoms with van der Waals surface area (Å²) in [7, 11) is 0. The third kappa shape index (κ3) is 6.24. The Labute approximate surface area is 120 Å². The molecule has 0 spiro atoms. The zero-order valence-corrected chi connectivity index (χ0v) is 13.5. The van der Waals surface area contributed by atoms with Crippen molar-refractivity contribution in [3.63, 3.8) is 0 Å². The van der Waals surface area contributed by atoms with Crippen molar-refractivity contribution in [1.29, 1.82) is 0 Å². The fourth-order valence-electron chi connectivity index (χ4n) is 2.76. The average Bonchev–Trinajstić information content (AvgIpc) is 2.95. The highest BCUT2D eigenvalue weighted by atomic mass is 16.5. The number of nitrogens with one attached hydrogen (secondary N) is 1. The summed E-state index contributed by atoms with van der Waals surface area (Å²) in [6.45, 7) is 15.8. The van der Waals surface area contributed by atoms with Gasteiger partial charge >= 0.3 is 0 Å². The van der Waals surface area contributed by atoms with Crippen molar-refractivity contribution in [2.24, 2.45) is 11.8 Å². The second kappa shape index (κ2) is 9.73. The van der Waals surface area contributed by atoms with Crippen molar-refractivity contribution in [1.82, 2.24) is 10.2 Å². The van der Waals surface area contributed by atoms with Crippen LogP contribution in [0, 0.1) is 11.8 Å². The Morgan fingerprint density at radius 3 is 2.58 bits per heavy atom. The summed E-state index contributed by atoms with van der Waals surface area (Å²) in [5, 5.41) is 3.75. The molecule has 0 aromatic heterocycles. The molecule has 0 aliphatic carbocycles. The van der Waals surface area contributed by atoms with E-state index in [4.69, 9.17) is 4.74 Å². The molecule has 0 bridgehead atoms. The zero-order chi connectivity index (χ0) is 14.1. The van der Waals surface area contributed by atoms with Gasteiger partial charge in [-0.15, -0.1) is 0 Å². The minimum atomic E-state index is 0.603. The molecule has 3 unspecified atom stereocenters. The second-order valence-electron chi connectivity index (χ2n) is 6.05. The Hall–Kier alpha value is -0.120. The first-order chi connectivity index (χ1) is 9.21. The van der Waals surface area contributed by atoms with E-state index in [1.807, 2.05) is 0 Å². The lowest BCUT2D eigenvalue weighted by Crippen LogP contribution is -2.47. The fraction of sp³-hybridized carbons (Fsp3) is 1.00. The first-order valence-corrected chi connectivity index (χ1v) is 8.24. The molecule has 3 heteroatoms. The summed E-state index contributed by atoms with van der Waals surface area (Å²) in [5.41, 5.74) is 0. The first kappa shape index (κ1) is 16.9. The van der Waals surface area contributed by atoms with Gasteiger partial charge in [-0.25, -0.2) is 0 Å². The van der Waals surface area contributed by atoms with E-state index in [1.165, 1.54) is 32.4 Å². The second-order valence-corrected chi connectivity index (χ2v) is 6.05. The Morgan fingerprint density at radius 2 is 2.05 bits per heavy atom. The van der Waals surface area contributed by atoms with Gasteiger partial charge < -0.3 is 15.0 Å². The number of ether oxygens (including phenoxy) is 1. The van der Waals surface area contributed by atoms with Crippen molar-refractivity contribution in [3.05, 3.63) is 0 Å². The van der Waals surface area contributed by atoms with Gasteiger partial charge in [0.15, 0.2) is 0 Å². The van der Waals surface area contributed by atoms with Crippen molar-refractivity contribution in [2.45, 2.75) is 53.0 Å². The molecule has 1 saturated heterocycles. The van der Waals surface area contributed by atoms with E-state index >= 15 is 0 Å². The van der Waals surface area contributed by atoms with Crippen LogP contribution in [0.25, 0.3) is 0 Å². The topological polar surface area (TPSA) is 24.5 Å². The highest BCUT2D eigenvalue weighted by Crippen LogP contribution is 2.18. The molecule has 1 N–H and O–H groups in total. The van der Waals surface area contributed by atoms with Crippen LogP contribution >= 0.6 is 0 Å². The van der Waals surface area contributed by atoms with Gasteiger partial charge in [-0.1, -0.05) is 34.1 Å². The van der Waals surface area contributed by atoms with E-state index < -0.39 is 0 Å². The number of rotatable bonds is 10. The molecule has 1 heterocycles. The predicted octanol–water partition coefficient (Wildman–Crippen LogP) is 2.76. The van der Waals surface area contributed by atoms with Crippen LogP contribution in [0.4, 0.5) is 0 Å². The molecule has 1 aliphatic heterocycles. The van der Waals surface area contributed by atoms with Gasteiger partial charge in [0.05, 0.1) is 6.61 Å². The van der Waals surface area contributed by atoms with Gasteiger partial charge in [0.2, 0.25) is 0 Å². The van der Waals surface area contributed by atoms with Gasteiger partial charge in [0.25, 0.3) is 0 Å². The SMILES string of the molecule is CCCNC(CN(CC)CC(C)CC)C1CCOC1. The summed E-state index contributed by atoms with van der Waals surface area (Å²) < 4.78 is 5.58. The molecule has 0 amide bonds. The van der Waals surface area contributed by atoms with Crippen molar-refractivity contribution in [3.8, 4) is 0 Å². The van der Waals surface area contributed by atoms with Gasteiger partial charge in [0.1, 0.15) is 0 Å². The van der Waals surface area contributed by atoms with Crippen LogP contribution in [0.15, 0.2) is 0 Å². The highest BCUT2D eigenvalue weighted by molar-refractivity contribution is 4.82. The summed E-state index contributed by atoms with van der Waals surface area (Å²) in [6.07, 6.45) is 3.71. The molecule has 0 saturated carbocycles. The molecule has 1 aliphatic rings. The molecule has 3 atom stereocenters. The lowest BCUT2D eigenvalue weighted by molar-refractivity contribution is 0.156. The van der Waals surface area contributed by atoms with Crippen molar-refractivity contribution < 1.29 is 4.74 Å². The number of hydrogen-bond donors (Lipinski definition) is 1. The Bertz CT molecular complexity index is 217. The maximum Gasteiger partial charge on any atom is 0.0510 e. The van der Waals surface area contributed by atoms with Crippen LogP contribution in [0.3, 0.4) is 0 Å². The first-order valence-electron chi connectivity index (χ1n) is 8.24. The smallest absolute Gasteiger partial charge is 0.0510 e. The summed E-state index contributed by atoms with van der Waals surface area (Å²) >= 11 is 0. The molecule has 0 radical (unpaired) electrons. The zero-order valence-electron chi connectivity index (χ0n) is 13.5. The molecule has 1 rings (SSSR count). The van der Waals surface area contributed by atoms with E-state index in [-0.39, 0.29) is 0 Å². The van der Waals surface area contributed by atoms with Crippen LogP contribution in [-0.4, -0.2) is 50.3 Å². The maximum atomic E-state index is 5.58. The lowest BCUT2D eigenvalue weighted by atomic mass is 9.97. The third-order valence-corrected chi connectivity index (χ3v) is 4.36. The Balaban J connectivity index is 2.47. The van der Waals surface area contributed by atoms with Crippen LogP contribution in [0.5, 0.6) is 0 Å². The standard InChI is InChI=1S/C16H34N2O/c1-5-9-17-16(15-8-10-19-13-15)12-18(7-3)11-14(4)6-2/h14-17H,5-13H2,1-4H3. The predicted molar refractivity (Wildman–Crippen MR) is 82.6 cm³/mol. The van der Waals surface area contributed by atoms with Crippen LogP contribution in [-0.2, 0) is 4.74 Å². The summed E-state index contributed by atoms with van der Waals surface area (Å²) in [4.78, 5) is 2.61. The monoisotopic (exact) mass is 270 g/mol. The van der Waals surface area contributed by atoms with E-state index in [0.717, 1.165) is 32.2 Å². The number of hydrogen-bond acceptors (Lipinski definition) is 3. The minimum Gasteiger partial charge on any atom is -0.381 e. The van der Waals surface area contributed by atoms with Crippen molar-refractivity contribution in [2.75, 3.05) is 39.4 Å². The molecule has 3 nitrogen and oxygen atoms in total. The van der Waals surface area contributed by atoms with E-state index in [0.29, 0.717) is 12.0 Å². The van der Waals surface area contributed by atoms with E-state index in [2.05, 4.69) is 37.9 Å². The fourth-order valence-corrected chi connectivity index (χ4v) is 2.76. The van der Waals surface area contributed by atoms with Gasteiger partial charge in [-0.05, 0) is 31.8 Å². The van der Waals surface area contributed by atoms with Gasteiger partial charge in [0, 0.05) is 31.7 Å². The Morgan fingerprint density at radius 1 is 1.26 bits per heavy atom. The molecule has 0 aromatic carbocycles. The lowest BCUT2D eigenvalue weighted by Gasteiger charge is -2.31. The number of nitrogens with zero attached hydrogens (tertiary/aromatic N) is 1.